The van der Waals surface area contributed by atoms with Crippen molar-refractivity contribution in [1.29, 1.82) is 0 Å². The van der Waals surface area contributed by atoms with Crippen LogP contribution in [0.1, 0.15) is 36.2 Å². The first-order valence-corrected chi connectivity index (χ1v) is 10.1. The van der Waals surface area contributed by atoms with Gasteiger partial charge in [0.25, 0.3) is 0 Å². The number of carbonyl (C=O) groups excluding carboxylic acids is 2. The van der Waals surface area contributed by atoms with Gasteiger partial charge in [0.2, 0.25) is 11.8 Å². The van der Waals surface area contributed by atoms with E-state index in [1.165, 1.54) is 18.2 Å². The van der Waals surface area contributed by atoms with Crippen molar-refractivity contribution in [2.45, 2.75) is 32.7 Å². The van der Waals surface area contributed by atoms with Crippen LogP contribution in [-0.2, 0) is 16.1 Å². The van der Waals surface area contributed by atoms with Crippen LogP contribution in [0, 0.1) is 24.1 Å². The molecule has 2 aromatic rings. The molecule has 2 aliphatic rings. The number of amides is 2. The maximum Gasteiger partial charge on any atom is 0.246 e. The molecule has 2 heterocycles. The highest BCUT2D eigenvalue weighted by Gasteiger charge is 2.59. The number of hydrogen-bond donors (Lipinski definition) is 0. The normalized spacial score (nSPS) is 20.0. The molecule has 0 N–H and O–H groups in total. The van der Waals surface area contributed by atoms with Gasteiger partial charge in [-0.2, -0.15) is 0 Å². The number of benzene rings is 1. The number of carbonyl (C=O) groups is 2. The summed E-state index contributed by atoms with van der Waals surface area (Å²) in [5.41, 5.74) is 2.17. The Morgan fingerprint density at radius 1 is 1.27 bits per heavy atom. The van der Waals surface area contributed by atoms with E-state index >= 15 is 0 Å². The molecule has 1 aliphatic carbocycles. The van der Waals surface area contributed by atoms with Crippen molar-refractivity contribution in [3.05, 3.63) is 53.1 Å². The van der Waals surface area contributed by atoms with Crippen molar-refractivity contribution in [2.75, 3.05) is 20.1 Å². The second-order valence-corrected chi connectivity index (χ2v) is 8.32. The fourth-order valence-corrected chi connectivity index (χ4v) is 4.23. The molecule has 1 saturated carbocycles. The molecule has 30 heavy (non-hydrogen) atoms. The average Bonchev–Trinajstić information content (AvgIpc) is 3.29. The first-order valence-electron chi connectivity index (χ1n) is 10.1. The van der Waals surface area contributed by atoms with Crippen LogP contribution in [0.15, 0.2) is 35.0 Å². The number of aromatic nitrogens is 2. The summed E-state index contributed by atoms with van der Waals surface area (Å²) in [6.07, 6.45) is 5.77. The van der Waals surface area contributed by atoms with E-state index in [1.807, 2.05) is 4.90 Å². The Labute approximate surface area is 174 Å². The molecule has 158 valence electrons. The molecule has 1 atom stereocenters. The molecular formula is C22H25FN4O3. The minimum absolute atomic E-state index is 0.00896. The number of hydrogen-bond acceptors (Lipinski definition) is 5. The molecular weight excluding hydrogens is 387 g/mol. The molecule has 0 radical (unpaired) electrons. The summed E-state index contributed by atoms with van der Waals surface area (Å²) in [6, 6.07) is 6.02. The van der Waals surface area contributed by atoms with Gasteiger partial charge in [0, 0.05) is 32.1 Å². The third-order valence-electron chi connectivity index (χ3n) is 6.36. The fraction of sp³-hybridized carbons (Fsp3) is 0.455. The van der Waals surface area contributed by atoms with Crippen molar-refractivity contribution in [3.8, 4) is 0 Å². The molecule has 7 nitrogen and oxygen atoms in total. The summed E-state index contributed by atoms with van der Waals surface area (Å²) >= 11 is 0. The molecule has 1 aromatic heterocycles. The molecule has 2 fully saturated rings. The molecule has 1 spiro atoms. The molecule has 1 unspecified atom stereocenters. The Morgan fingerprint density at radius 3 is 2.60 bits per heavy atom. The Hall–Kier alpha value is -3.03. The van der Waals surface area contributed by atoms with Crippen LogP contribution in [0.5, 0.6) is 0 Å². The number of halogens is 1. The molecule has 8 heteroatoms. The Morgan fingerprint density at radius 2 is 1.97 bits per heavy atom. The van der Waals surface area contributed by atoms with E-state index < -0.39 is 0 Å². The second-order valence-electron chi connectivity index (χ2n) is 8.32. The Kier molecular flexibility index (Phi) is 5.40. The molecule has 1 aliphatic heterocycles. The van der Waals surface area contributed by atoms with Gasteiger partial charge in [0.15, 0.2) is 0 Å². The van der Waals surface area contributed by atoms with Gasteiger partial charge in [0.1, 0.15) is 17.2 Å². The summed E-state index contributed by atoms with van der Waals surface area (Å²) in [5.74, 6) is -0.223. The average molecular weight is 412 g/mol. The van der Waals surface area contributed by atoms with Gasteiger partial charge in [-0.25, -0.2) is 9.02 Å². The van der Waals surface area contributed by atoms with Crippen molar-refractivity contribution in [2.24, 2.45) is 11.3 Å². The van der Waals surface area contributed by atoms with E-state index in [0.717, 1.165) is 24.8 Å². The minimum atomic E-state index is -0.299. The summed E-state index contributed by atoms with van der Waals surface area (Å²) < 4.78 is 17.7. The highest BCUT2D eigenvalue weighted by atomic mass is 19.1. The lowest BCUT2D eigenvalue weighted by molar-refractivity contribution is -0.133. The summed E-state index contributed by atoms with van der Waals surface area (Å²) in [7, 11) is 1.78. The van der Waals surface area contributed by atoms with E-state index in [9.17, 15) is 14.0 Å². The molecule has 4 rings (SSSR count). The van der Waals surface area contributed by atoms with Crippen LogP contribution in [0.2, 0.25) is 0 Å². The topological polar surface area (TPSA) is 79.5 Å². The van der Waals surface area contributed by atoms with E-state index in [1.54, 1.807) is 37.1 Å². The zero-order valence-corrected chi connectivity index (χ0v) is 17.2. The summed E-state index contributed by atoms with van der Waals surface area (Å²) in [6.45, 7) is 3.48. The van der Waals surface area contributed by atoms with Gasteiger partial charge >= 0.3 is 0 Å². The quantitative estimate of drug-likeness (QED) is 0.706. The predicted molar refractivity (Wildman–Crippen MR) is 107 cm³/mol. The van der Waals surface area contributed by atoms with Gasteiger partial charge < -0.3 is 9.80 Å². The van der Waals surface area contributed by atoms with Gasteiger partial charge in [-0.05, 0) is 55.4 Å². The zero-order valence-electron chi connectivity index (χ0n) is 17.2. The third kappa shape index (κ3) is 4.13. The van der Waals surface area contributed by atoms with Gasteiger partial charge in [0.05, 0.1) is 6.54 Å². The lowest BCUT2D eigenvalue weighted by Crippen LogP contribution is -2.40. The lowest BCUT2D eigenvalue weighted by atomic mass is 9.90. The molecule has 1 aromatic carbocycles. The minimum Gasteiger partial charge on any atom is -0.339 e. The van der Waals surface area contributed by atoms with Gasteiger partial charge in [-0.1, -0.05) is 22.4 Å². The Balaban J connectivity index is 1.28. The molecule has 2 amide bonds. The third-order valence-corrected chi connectivity index (χ3v) is 6.36. The maximum absolute atomic E-state index is 13.0. The molecule has 0 bridgehead atoms. The van der Waals surface area contributed by atoms with Crippen molar-refractivity contribution < 1.29 is 18.6 Å². The van der Waals surface area contributed by atoms with E-state index in [2.05, 4.69) is 10.3 Å². The zero-order chi connectivity index (χ0) is 21.3. The summed E-state index contributed by atoms with van der Waals surface area (Å²) in [4.78, 5) is 28.8. The van der Waals surface area contributed by atoms with E-state index in [-0.39, 0.29) is 29.0 Å². The number of aryl methyl sites for hydroxylation is 1. The maximum atomic E-state index is 13.0. The first kappa shape index (κ1) is 20.3. The fourth-order valence-electron chi connectivity index (χ4n) is 4.23. The SMILES string of the molecule is Cc1nonc1CN(C)C(=O)C1CC12CCN(C(=O)/C=C/c1ccc(F)cc1)CC2. The van der Waals surface area contributed by atoms with Crippen LogP contribution in [0.25, 0.3) is 6.08 Å². The van der Waals surface area contributed by atoms with Crippen molar-refractivity contribution in [3.63, 3.8) is 0 Å². The van der Waals surface area contributed by atoms with Crippen LogP contribution in [-0.4, -0.2) is 52.1 Å². The van der Waals surface area contributed by atoms with Crippen molar-refractivity contribution >= 4 is 17.9 Å². The standard InChI is InChI=1S/C22H25FN4O3/c1-15-19(25-30-24-15)14-26(2)21(29)18-13-22(18)9-11-27(12-10-22)20(28)8-5-16-3-6-17(23)7-4-16/h3-8,18H,9-14H2,1-2H3/b8-5+. The van der Waals surface area contributed by atoms with E-state index in [4.69, 9.17) is 4.63 Å². The largest absolute Gasteiger partial charge is 0.339 e. The summed E-state index contributed by atoms with van der Waals surface area (Å²) in [5, 5.41) is 7.60. The lowest BCUT2D eigenvalue weighted by Gasteiger charge is -2.32. The number of nitrogens with zero attached hydrogens (tertiary/aromatic N) is 4. The highest BCUT2D eigenvalue weighted by molar-refractivity contribution is 5.92. The first-order chi connectivity index (χ1) is 14.4. The van der Waals surface area contributed by atoms with Gasteiger partial charge in [-0.15, -0.1) is 0 Å². The Bertz CT molecular complexity index is 961. The monoisotopic (exact) mass is 412 g/mol. The number of likely N-dealkylation sites (tertiary alicyclic amines) is 1. The number of rotatable bonds is 5. The predicted octanol–water partition coefficient (Wildman–Crippen LogP) is 2.82. The number of piperidine rings is 1. The van der Waals surface area contributed by atoms with Crippen LogP contribution < -0.4 is 0 Å². The van der Waals surface area contributed by atoms with Crippen LogP contribution >= 0.6 is 0 Å². The van der Waals surface area contributed by atoms with Crippen molar-refractivity contribution in [1.82, 2.24) is 20.1 Å². The smallest absolute Gasteiger partial charge is 0.246 e. The molecule has 1 saturated heterocycles. The van der Waals surface area contributed by atoms with Crippen LogP contribution in [0.3, 0.4) is 0 Å². The van der Waals surface area contributed by atoms with Crippen LogP contribution in [0.4, 0.5) is 4.39 Å². The van der Waals surface area contributed by atoms with Gasteiger partial charge in [-0.3, -0.25) is 9.59 Å². The second kappa shape index (κ2) is 8.01. The van der Waals surface area contributed by atoms with E-state index in [0.29, 0.717) is 31.0 Å². The highest BCUT2D eigenvalue weighted by Crippen LogP contribution is 2.60.